The summed E-state index contributed by atoms with van der Waals surface area (Å²) >= 11 is 0. The molecule has 136 valence electrons. The van der Waals surface area contributed by atoms with Gasteiger partial charge in [-0.1, -0.05) is 0 Å². The minimum Gasteiger partial charge on any atom is -0.394 e. The Kier molecular flexibility index (Phi) is 7.89. The second-order valence-corrected chi connectivity index (χ2v) is 5.21. The van der Waals surface area contributed by atoms with Crippen molar-refractivity contribution in [3.63, 3.8) is 0 Å². The highest BCUT2D eigenvalue weighted by atomic mass is 16.7. The summed E-state index contributed by atoms with van der Waals surface area (Å²) < 4.78 is 9.94. The molecular weight excluding hydrogens is 320 g/mol. The molecular formula is C12H22O11. The van der Waals surface area contributed by atoms with Crippen molar-refractivity contribution in [1.82, 2.24) is 0 Å². The van der Waals surface area contributed by atoms with Crippen LogP contribution in [-0.4, -0.2) is 115 Å². The zero-order chi connectivity index (χ0) is 17.7. The normalized spacial score (nSPS) is 37.0. The molecule has 0 spiro atoms. The van der Waals surface area contributed by atoms with Gasteiger partial charge in [-0.2, -0.15) is 0 Å². The Morgan fingerprint density at radius 3 is 2.13 bits per heavy atom. The Morgan fingerprint density at radius 1 is 1.00 bits per heavy atom. The van der Waals surface area contributed by atoms with Crippen molar-refractivity contribution in [2.24, 2.45) is 0 Å². The van der Waals surface area contributed by atoms with E-state index in [1.807, 2.05) is 0 Å². The van der Waals surface area contributed by atoms with Gasteiger partial charge in [0.1, 0.15) is 48.8 Å². The average Bonchev–Trinajstić information content (AvgIpc) is 2.56. The molecule has 8 N–H and O–H groups in total. The summed E-state index contributed by atoms with van der Waals surface area (Å²) in [6.45, 7) is -1.37. The highest BCUT2D eigenvalue weighted by Gasteiger charge is 2.44. The van der Waals surface area contributed by atoms with E-state index in [4.69, 9.17) is 19.7 Å². The van der Waals surface area contributed by atoms with Crippen LogP contribution in [0.3, 0.4) is 0 Å². The monoisotopic (exact) mass is 342 g/mol. The van der Waals surface area contributed by atoms with E-state index in [9.17, 15) is 35.4 Å². The van der Waals surface area contributed by atoms with Gasteiger partial charge in [0.15, 0.2) is 12.6 Å². The van der Waals surface area contributed by atoms with E-state index in [-0.39, 0.29) is 6.29 Å². The number of hydrogen-bond donors (Lipinski definition) is 8. The zero-order valence-corrected chi connectivity index (χ0v) is 12.0. The van der Waals surface area contributed by atoms with Gasteiger partial charge in [0.2, 0.25) is 0 Å². The van der Waals surface area contributed by atoms with Crippen LogP contribution in [0.15, 0.2) is 0 Å². The predicted octanol–water partition coefficient (Wildman–Crippen LogP) is -5.55. The lowest BCUT2D eigenvalue weighted by Gasteiger charge is -2.40. The van der Waals surface area contributed by atoms with E-state index >= 15 is 0 Å². The summed E-state index contributed by atoms with van der Waals surface area (Å²) in [7, 11) is 0. The maximum Gasteiger partial charge on any atom is 0.186 e. The maximum atomic E-state index is 10.3. The van der Waals surface area contributed by atoms with Crippen molar-refractivity contribution >= 4 is 6.29 Å². The summed E-state index contributed by atoms with van der Waals surface area (Å²) in [5.41, 5.74) is 0. The number of carbonyl (C=O) groups is 1. The summed E-state index contributed by atoms with van der Waals surface area (Å²) in [5.74, 6) is 0. The van der Waals surface area contributed by atoms with Crippen LogP contribution in [0.4, 0.5) is 0 Å². The second kappa shape index (κ2) is 8.94. The first-order chi connectivity index (χ1) is 10.7. The molecule has 0 bridgehead atoms. The maximum absolute atomic E-state index is 10.3. The minimum atomic E-state index is -1.96. The van der Waals surface area contributed by atoms with E-state index in [1.54, 1.807) is 0 Å². The Hall–Kier alpha value is -0.730. The first-order valence-electron chi connectivity index (χ1n) is 6.84. The van der Waals surface area contributed by atoms with Gasteiger partial charge in [0.25, 0.3) is 0 Å². The van der Waals surface area contributed by atoms with Crippen molar-refractivity contribution in [2.75, 3.05) is 13.2 Å². The number of carbonyl (C=O) groups excluding carboxylic acids is 1. The summed E-state index contributed by atoms with van der Waals surface area (Å²) in [5, 5.41) is 75.4. The molecule has 23 heavy (non-hydrogen) atoms. The molecule has 11 heteroatoms. The smallest absolute Gasteiger partial charge is 0.186 e. The number of rotatable bonds is 8. The van der Waals surface area contributed by atoms with Gasteiger partial charge in [-0.05, 0) is 0 Å². The molecule has 1 rings (SSSR count). The van der Waals surface area contributed by atoms with Gasteiger partial charge in [-0.25, -0.2) is 0 Å². The average molecular weight is 342 g/mol. The van der Waals surface area contributed by atoms with Crippen LogP contribution in [-0.2, 0) is 14.3 Å². The Morgan fingerprint density at radius 2 is 1.61 bits per heavy atom. The third-order valence-electron chi connectivity index (χ3n) is 3.51. The highest BCUT2D eigenvalue weighted by molar-refractivity contribution is 5.56. The molecule has 0 radical (unpaired) electrons. The van der Waals surface area contributed by atoms with Crippen LogP contribution >= 0.6 is 0 Å². The van der Waals surface area contributed by atoms with E-state index in [0.29, 0.717) is 0 Å². The standard InChI is InChI=1S/C12H22O11/c13-1-4(15)7(17)8(18)5(16)3-22-12-11(21)10(20)9(19)6(2-14)23-12/h1,4-12,14-21H,2-3H2/t4-,5+,6+,7+,8-,9-,10-,11+,12+/m0/s1. The van der Waals surface area contributed by atoms with Crippen LogP contribution in [0.1, 0.15) is 0 Å². The third kappa shape index (κ3) is 4.87. The number of aldehydes is 1. The molecule has 1 aliphatic heterocycles. The Bertz CT molecular complexity index is 365. The SMILES string of the molecule is O=C[C@H](O)[C@@H](O)[C@@H](O)[C@H](O)CO[C@@H]1O[C@H](CO)[C@H](O)[C@H](O)[C@H]1O. The molecule has 0 aliphatic carbocycles. The van der Waals surface area contributed by atoms with Crippen LogP contribution in [0.25, 0.3) is 0 Å². The predicted molar refractivity (Wildman–Crippen MR) is 69.8 cm³/mol. The number of ether oxygens (including phenoxy) is 2. The fraction of sp³-hybridized carbons (Fsp3) is 0.917. The van der Waals surface area contributed by atoms with E-state index in [1.165, 1.54) is 0 Å². The fourth-order valence-corrected chi connectivity index (χ4v) is 2.01. The lowest BCUT2D eigenvalue weighted by atomic mass is 9.99. The number of aliphatic hydroxyl groups excluding tert-OH is 8. The lowest BCUT2D eigenvalue weighted by molar-refractivity contribution is -0.306. The molecule has 0 amide bonds. The van der Waals surface area contributed by atoms with Crippen LogP contribution in [0, 0.1) is 0 Å². The van der Waals surface area contributed by atoms with Crippen molar-refractivity contribution in [3.05, 3.63) is 0 Å². The van der Waals surface area contributed by atoms with Crippen molar-refractivity contribution < 1.29 is 55.1 Å². The zero-order valence-electron chi connectivity index (χ0n) is 12.0. The minimum absolute atomic E-state index is 0.0287. The van der Waals surface area contributed by atoms with Gasteiger partial charge >= 0.3 is 0 Å². The van der Waals surface area contributed by atoms with E-state index < -0.39 is 68.3 Å². The summed E-state index contributed by atoms with van der Waals surface area (Å²) in [6, 6.07) is 0. The highest BCUT2D eigenvalue weighted by Crippen LogP contribution is 2.22. The van der Waals surface area contributed by atoms with Crippen LogP contribution in [0.2, 0.25) is 0 Å². The molecule has 1 heterocycles. The topological polar surface area (TPSA) is 197 Å². The summed E-state index contributed by atoms with van der Waals surface area (Å²) in [4.78, 5) is 10.3. The first kappa shape index (κ1) is 20.3. The Labute approximate surface area is 130 Å². The number of hydrogen-bond acceptors (Lipinski definition) is 11. The molecule has 0 saturated carbocycles. The molecule has 0 aromatic heterocycles. The third-order valence-corrected chi connectivity index (χ3v) is 3.51. The summed E-state index contributed by atoms with van der Waals surface area (Å²) in [6.07, 6.45) is -15.3. The second-order valence-electron chi connectivity index (χ2n) is 5.21. The Balaban J connectivity index is 2.57. The first-order valence-corrected chi connectivity index (χ1v) is 6.84. The largest absolute Gasteiger partial charge is 0.394 e. The van der Waals surface area contributed by atoms with Gasteiger partial charge in [-0.3, -0.25) is 0 Å². The van der Waals surface area contributed by atoms with Gasteiger partial charge in [0, 0.05) is 0 Å². The van der Waals surface area contributed by atoms with Gasteiger partial charge in [-0.15, -0.1) is 0 Å². The van der Waals surface area contributed by atoms with Crippen LogP contribution < -0.4 is 0 Å². The van der Waals surface area contributed by atoms with E-state index in [0.717, 1.165) is 0 Å². The number of aliphatic hydroxyl groups is 8. The van der Waals surface area contributed by atoms with Crippen LogP contribution in [0.5, 0.6) is 0 Å². The molecule has 1 saturated heterocycles. The van der Waals surface area contributed by atoms with Crippen molar-refractivity contribution in [3.8, 4) is 0 Å². The quantitative estimate of drug-likeness (QED) is 0.196. The molecule has 11 nitrogen and oxygen atoms in total. The molecule has 1 fully saturated rings. The van der Waals surface area contributed by atoms with Crippen molar-refractivity contribution in [1.29, 1.82) is 0 Å². The molecule has 9 atom stereocenters. The lowest BCUT2D eigenvalue weighted by Crippen LogP contribution is -2.59. The van der Waals surface area contributed by atoms with Gasteiger partial charge < -0.3 is 55.1 Å². The van der Waals surface area contributed by atoms with E-state index in [2.05, 4.69) is 0 Å². The molecule has 0 aromatic rings. The fourth-order valence-electron chi connectivity index (χ4n) is 2.01. The van der Waals surface area contributed by atoms with Crippen molar-refractivity contribution in [2.45, 2.75) is 55.1 Å². The molecule has 1 aliphatic rings. The van der Waals surface area contributed by atoms with Gasteiger partial charge in [0.05, 0.1) is 13.2 Å². The molecule has 0 unspecified atom stereocenters. The molecule has 0 aromatic carbocycles.